The highest BCUT2D eigenvalue weighted by molar-refractivity contribution is 6.50. The number of hydrogen-bond donors (Lipinski definition) is 0. The van der Waals surface area contributed by atoms with Crippen molar-refractivity contribution in [2.75, 3.05) is 13.2 Å². The van der Waals surface area contributed by atoms with Gasteiger partial charge < -0.3 is 9.47 Å². The molecule has 0 bridgehead atoms. The molecule has 0 fully saturated rings. The summed E-state index contributed by atoms with van der Waals surface area (Å²) >= 11 is 0. The number of hydrogen-bond acceptors (Lipinski definition) is 4. The molecule has 0 aromatic heterocycles. The van der Waals surface area contributed by atoms with E-state index in [9.17, 15) is 9.59 Å². The van der Waals surface area contributed by atoms with Crippen LogP contribution < -0.4 is 0 Å². The van der Waals surface area contributed by atoms with Gasteiger partial charge in [-0.1, -0.05) is 0 Å². The average molecular weight is 224 g/mol. The van der Waals surface area contributed by atoms with Gasteiger partial charge in [0.25, 0.3) is 0 Å². The van der Waals surface area contributed by atoms with Gasteiger partial charge in [-0.05, 0) is 27.7 Å². The van der Waals surface area contributed by atoms with E-state index in [4.69, 9.17) is 9.47 Å². The van der Waals surface area contributed by atoms with Crippen LogP contribution in [0.2, 0.25) is 0 Å². The molecule has 16 heavy (non-hydrogen) atoms. The van der Waals surface area contributed by atoms with Crippen molar-refractivity contribution in [2.24, 2.45) is 0 Å². The van der Waals surface area contributed by atoms with E-state index in [1.165, 1.54) is 0 Å². The fourth-order valence-corrected chi connectivity index (χ4v) is 1.52. The molecule has 0 atom stereocenters. The molecule has 0 unspecified atom stereocenters. The van der Waals surface area contributed by atoms with Crippen molar-refractivity contribution in [2.45, 2.75) is 27.7 Å². The Balaban J connectivity index is 3.25. The number of allylic oxidation sites excluding steroid dienone is 2. The highest BCUT2D eigenvalue weighted by atomic mass is 16.5. The summed E-state index contributed by atoms with van der Waals surface area (Å²) in [7, 11) is 0. The Kier molecular flexibility index (Phi) is 3.88. The lowest BCUT2D eigenvalue weighted by Crippen LogP contribution is -2.25. The van der Waals surface area contributed by atoms with Crippen molar-refractivity contribution < 1.29 is 19.1 Å². The van der Waals surface area contributed by atoms with Gasteiger partial charge in [0.15, 0.2) is 11.5 Å². The minimum absolute atomic E-state index is 0.320. The number of carbonyl (C=O) groups is 2. The van der Waals surface area contributed by atoms with E-state index in [1.807, 2.05) is 13.8 Å². The van der Waals surface area contributed by atoms with Crippen molar-refractivity contribution in [3.05, 3.63) is 22.7 Å². The highest BCUT2D eigenvalue weighted by Crippen LogP contribution is 2.27. The lowest BCUT2D eigenvalue weighted by Gasteiger charge is -2.21. The zero-order chi connectivity index (χ0) is 12.3. The van der Waals surface area contributed by atoms with E-state index in [-0.39, 0.29) is 0 Å². The van der Waals surface area contributed by atoms with Gasteiger partial charge in [0, 0.05) is 11.1 Å². The van der Waals surface area contributed by atoms with Crippen LogP contribution in [-0.4, -0.2) is 24.8 Å². The third kappa shape index (κ3) is 2.01. The molecule has 0 spiro atoms. The van der Waals surface area contributed by atoms with Gasteiger partial charge in [0.1, 0.15) is 0 Å². The van der Waals surface area contributed by atoms with E-state index in [0.29, 0.717) is 35.9 Å². The molecule has 0 amide bonds. The molecule has 0 aromatic rings. The Morgan fingerprint density at radius 1 is 0.812 bits per heavy atom. The largest absolute Gasteiger partial charge is 0.490 e. The predicted octanol–water partition coefficient (Wildman–Crippen LogP) is 1.76. The Morgan fingerprint density at radius 2 is 1.12 bits per heavy atom. The van der Waals surface area contributed by atoms with Crippen LogP contribution in [0.5, 0.6) is 0 Å². The first kappa shape index (κ1) is 12.5. The van der Waals surface area contributed by atoms with E-state index in [2.05, 4.69) is 0 Å². The van der Waals surface area contributed by atoms with Gasteiger partial charge in [-0.25, -0.2) is 0 Å². The van der Waals surface area contributed by atoms with Crippen molar-refractivity contribution >= 4 is 11.6 Å². The van der Waals surface area contributed by atoms with Crippen LogP contribution in [0.3, 0.4) is 0 Å². The fourth-order valence-electron chi connectivity index (χ4n) is 1.52. The first-order chi connectivity index (χ1) is 7.54. The third-order valence-electron chi connectivity index (χ3n) is 2.35. The number of ether oxygens (including phenoxy) is 2. The summed E-state index contributed by atoms with van der Waals surface area (Å²) in [4.78, 5) is 23.2. The molecular formula is C12H16O4. The van der Waals surface area contributed by atoms with E-state index in [0.717, 1.165) is 0 Å². The Labute approximate surface area is 94.9 Å². The van der Waals surface area contributed by atoms with Gasteiger partial charge in [0.05, 0.1) is 13.2 Å². The molecule has 1 aliphatic carbocycles. The van der Waals surface area contributed by atoms with Gasteiger partial charge >= 0.3 is 0 Å². The number of rotatable bonds is 4. The molecule has 0 aliphatic heterocycles. The summed E-state index contributed by atoms with van der Waals surface area (Å²) in [5.41, 5.74) is 0.641. The van der Waals surface area contributed by atoms with Crippen LogP contribution in [0.15, 0.2) is 22.7 Å². The SMILES string of the molecule is CCOC1=C(C)C(=O)C(=O)C(C)=C1OCC. The molecule has 0 saturated carbocycles. The predicted molar refractivity (Wildman–Crippen MR) is 58.7 cm³/mol. The lowest BCUT2D eigenvalue weighted by molar-refractivity contribution is -0.132. The van der Waals surface area contributed by atoms with Crippen molar-refractivity contribution in [3.63, 3.8) is 0 Å². The molecule has 0 N–H and O–H groups in total. The summed E-state index contributed by atoms with van der Waals surface area (Å²) in [6.45, 7) is 7.66. The van der Waals surface area contributed by atoms with Crippen LogP contribution in [0.1, 0.15) is 27.7 Å². The van der Waals surface area contributed by atoms with Gasteiger partial charge in [0.2, 0.25) is 11.6 Å². The maximum atomic E-state index is 11.6. The molecule has 0 saturated heterocycles. The van der Waals surface area contributed by atoms with E-state index >= 15 is 0 Å². The zero-order valence-electron chi connectivity index (χ0n) is 10.0. The minimum Gasteiger partial charge on any atom is -0.490 e. The molecular weight excluding hydrogens is 208 g/mol. The van der Waals surface area contributed by atoms with Gasteiger partial charge in [-0.3, -0.25) is 9.59 Å². The summed E-state index contributed by atoms with van der Waals surface area (Å²) in [5, 5.41) is 0. The Bertz CT molecular complexity index is 350. The molecule has 1 aliphatic rings. The Hall–Kier alpha value is -1.58. The molecule has 88 valence electrons. The highest BCUT2D eigenvalue weighted by Gasteiger charge is 2.32. The average Bonchev–Trinajstić information content (AvgIpc) is 2.28. The topological polar surface area (TPSA) is 52.6 Å². The summed E-state index contributed by atoms with van der Waals surface area (Å²) in [5.74, 6) is -0.230. The summed E-state index contributed by atoms with van der Waals surface area (Å²) < 4.78 is 10.7. The molecule has 0 heterocycles. The molecule has 1 rings (SSSR count). The quantitative estimate of drug-likeness (QED) is 0.539. The van der Waals surface area contributed by atoms with Gasteiger partial charge in [-0.2, -0.15) is 0 Å². The maximum Gasteiger partial charge on any atom is 0.232 e. The number of carbonyl (C=O) groups excluding carboxylic acids is 2. The first-order valence-corrected chi connectivity index (χ1v) is 5.31. The Morgan fingerprint density at radius 3 is 1.38 bits per heavy atom. The van der Waals surface area contributed by atoms with Crippen LogP contribution in [0.25, 0.3) is 0 Å². The maximum absolute atomic E-state index is 11.6. The van der Waals surface area contributed by atoms with Crippen molar-refractivity contribution in [3.8, 4) is 0 Å². The summed E-state index contributed by atoms with van der Waals surface area (Å²) in [6, 6.07) is 0. The fraction of sp³-hybridized carbons (Fsp3) is 0.500. The minimum atomic E-state index is -0.510. The van der Waals surface area contributed by atoms with Crippen LogP contribution in [-0.2, 0) is 19.1 Å². The van der Waals surface area contributed by atoms with Crippen molar-refractivity contribution in [1.29, 1.82) is 0 Å². The third-order valence-corrected chi connectivity index (χ3v) is 2.35. The molecule has 0 aromatic carbocycles. The second kappa shape index (κ2) is 4.96. The van der Waals surface area contributed by atoms with Crippen LogP contribution in [0, 0.1) is 0 Å². The lowest BCUT2D eigenvalue weighted by atomic mass is 9.95. The normalized spacial score (nSPS) is 17.0. The molecule has 4 nitrogen and oxygen atoms in total. The van der Waals surface area contributed by atoms with Crippen LogP contribution in [0.4, 0.5) is 0 Å². The number of Topliss-reactive ketones (excluding diaryl/α,β-unsaturated/α-hetero) is 2. The zero-order valence-corrected chi connectivity index (χ0v) is 10.0. The van der Waals surface area contributed by atoms with E-state index in [1.54, 1.807) is 13.8 Å². The standard InChI is InChI=1S/C12H16O4/c1-5-15-11-7(3)9(13)10(14)8(4)12(11)16-6-2/h5-6H2,1-4H3. The monoisotopic (exact) mass is 224 g/mol. The van der Waals surface area contributed by atoms with E-state index < -0.39 is 11.6 Å². The molecule has 4 heteroatoms. The smallest absolute Gasteiger partial charge is 0.232 e. The second-order valence-corrected chi connectivity index (χ2v) is 3.43. The van der Waals surface area contributed by atoms with Crippen molar-refractivity contribution in [1.82, 2.24) is 0 Å². The number of ketones is 2. The summed E-state index contributed by atoms with van der Waals surface area (Å²) in [6.07, 6.45) is 0. The van der Waals surface area contributed by atoms with Crippen LogP contribution >= 0.6 is 0 Å². The second-order valence-electron chi connectivity index (χ2n) is 3.43. The van der Waals surface area contributed by atoms with Gasteiger partial charge in [-0.15, -0.1) is 0 Å². The first-order valence-electron chi connectivity index (χ1n) is 5.31. The molecule has 0 radical (unpaired) electrons.